The van der Waals surface area contributed by atoms with Gasteiger partial charge in [-0.25, -0.2) is 0 Å². The average Bonchev–Trinajstić information content (AvgIpc) is 2.73. The van der Waals surface area contributed by atoms with E-state index in [2.05, 4.69) is 13.8 Å². The Labute approximate surface area is 103 Å². The first kappa shape index (κ1) is 12.8. The summed E-state index contributed by atoms with van der Waals surface area (Å²) in [4.78, 5) is 14.0. The van der Waals surface area contributed by atoms with Gasteiger partial charge in [0.1, 0.15) is 0 Å². The van der Waals surface area contributed by atoms with E-state index in [9.17, 15) is 9.90 Å². The maximum Gasteiger partial charge on any atom is 0.228 e. The predicted molar refractivity (Wildman–Crippen MR) is 64.6 cm³/mol. The molecule has 2 heterocycles. The third-order valence-electron chi connectivity index (χ3n) is 3.93. The van der Waals surface area contributed by atoms with E-state index < -0.39 is 5.60 Å². The Hall–Kier alpha value is -0.610. The number of carbonyl (C=O) groups is 1. The lowest BCUT2D eigenvalue weighted by Gasteiger charge is -2.47. The molecule has 2 aliphatic rings. The summed E-state index contributed by atoms with van der Waals surface area (Å²) in [7, 11) is 0. The smallest absolute Gasteiger partial charge is 0.228 e. The van der Waals surface area contributed by atoms with Gasteiger partial charge in [-0.1, -0.05) is 20.3 Å². The molecule has 2 saturated heterocycles. The molecule has 4 nitrogen and oxygen atoms in total. The molecule has 0 spiro atoms. The summed E-state index contributed by atoms with van der Waals surface area (Å²) in [6.07, 6.45) is 3.56. The number of rotatable bonds is 4. The summed E-state index contributed by atoms with van der Waals surface area (Å²) >= 11 is 0. The second-order valence-electron chi connectivity index (χ2n) is 5.38. The van der Waals surface area contributed by atoms with Gasteiger partial charge in [-0.3, -0.25) is 4.79 Å². The van der Waals surface area contributed by atoms with Crippen LogP contribution in [0.2, 0.25) is 0 Å². The molecule has 2 rings (SSSR count). The van der Waals surface area contributed by atoms with Crippen LogP contribution in [-0.2, 0) is 9.53 Å². The molecular weight excluding hydrogens is 218 g/mol. The monoisotopic (exact) mass is 241 g/mol. The highest BCUT2D eigenvalue weighted by atomic mass is 16.5. The Morgan fingerprint density at radius 1 is 1.47 bits per heavy atom. The van der Waals surface area contributed by atoms with Crippen LogP contribution in [0.15, 0.2) is 0 Å². The van der Waals surface area contributed by atoms with Crippen molar-refractivity contribution < 1.29 is 14.6 Å². The molecule has 0 aromatic heterocycles. The molecule has 2 atom stereocenters. The molecule has 2 unspecified atom stereocenters. The van der Waals surface area contributed by atoms with E-state index in [-0.39, 0.29) is 17.9 Å². The minimum absolute atomic E-state index is 0.0196. The van der Waals surface area contributed by atoms with E-state index in [1.54, 1.807) is 4.90 Å². The minimum atomic E-state index is -0.619. The Bertz CT molecular complexity index is 286. The molecule has 17 heavy (non-hydrogen) atoms. The van der Waals surface area contributed by atoms with Crippen LogP contribution in [0.4, 0.5) is 0 Å². The van der Waals surface area contributed by atoms with Crippen LogP contribution in [0.5, 0.6) is 0 Å². The molecular formula is C13H23NO3. The Kier molecular flexibility index (Phi) is 3.73. The summed E-state index contributed by atoms with van der Waals surface area (Å²) in [6, 6.07) is 0. The molecule has 1 amide bonds. The first-order valence-electron chi connectivity index (χ1n) is 6.72. The van der Waals surface area contributed by atoms with Crippen molar-refractivity contribution in [1.29, 1.82) is 0 Å². The van der Waals surface area contributed by atoms with Gasteiger partial charge in [0, 0.05) is 6.61 Å². The van der Waals surface area contributed by atoms with Gasteiger partial charge in [-0.05, 0) is 19.3 Å². The van der Waals surface area contributed by atoms with Gasteiger partial charge < -0.3 is 14.7 Å². The number of hydrogen-bond donors (Lipinski definition) is 1. The molecule has 0 aromatic rings. The lowest BCUT2D eigenvalue weighted by molar-refractivity contribution is -0.162. The number of amides is 1. The maximum atomic E-state index is 12.2. The predicted octanol–water partition coefficient (Wildman–Crippen LogP) is 1.17. The van der Waals surface area contributed by atoms with Gasteiger partial charge >= 0.3 is 0 Å². The molecule has 98 valence electrons. The number of ether oxygens (including phenoxy) is 1. The van der Waals surface area contributed by atoms with Crippen LogP contribution in [-0.4, -0.2) is 47.3 Å². The van der Waals surface area contributed by atoms with Crippen molar-refractivity contribution in [1.82, 2.24) is 4.90 Å². The number of hydrogen-bond acceptors (Lipinski definition) is 3. The van der Waals surface area contributed by atoms with Gasteiger partial charge in [0.25, 0.3) is 0 Å². The van der Waals surface area contributed by atoms with Crippen LogP contribution in [0.1, 0.15) is 39.5 Å². The number of carbonyl (C=O) groups excluding carboxylic acids is 1. The zero-order chi connectivity index (χ0) is 12.5. The third kappa shape index (κ3) is 2.47. The number of nitrogens with zero attached hydrogens (tertiary/aromatic N) is 1. The molecule has 2 aliphatic heterocycles. The van der Waals surface area contributed by atoms with E-state index in [1.165, 1.54) is 0 Å². The van der Waals surface area contributed by atoms with Gasteiger partial charge in [0.15, 0.2) is 0 Å². The standard InChI is InChI=1S/C13H23NO3/c1-3-6-13(16)8-14(9-13)12(15)10-5-7-17-11(10)4-2/h10-11,16H,3-9H2,1-2H3. The summed E-state index contributed by atoms with van der Waals surface area (Å²) in [5.74, 6) is 0.196. The Morgan fingerprint density at radius 3 is 2.76 bits per heavy atom. The van der Waals surface area contributed by atoms with Crippen molar-refractivity contribution in [2.45, 2.75) is 51.2 Å². The van der Waals surface area contributed by atoms with Crippen LogP contribution < -0.4 is 0 Å². The van der Waals surface area contributed by atoms with Crippen molar-refractivity contribution in [2.24, 2.45) is 5.92 Å². The largest absolute Gasteiger partial charge is 0.386 e. The van der Waals surface area contributed by atoms with E-state index in [1.807, 2.05) is 0 Å². The first-order chi connectivity index (χ1) is 8.09. The minimum Gasteiger partial charge on any atom is -0.386 e. The second kappa shape index (κ2) is 4.94. The molecule has 0 radical (unpaired) electrons. The third-order valence-corrected chi connectivity index (χ3v) is 3.93. The zero-order valence-electron chi connectivity index (χ0n) is 10.8. The summed E-state index contributed by atoms with van der Waals surface area (Å²) in [6.45, 7) is 5.82. The second-order valence-corrected chi connectivity index (χ2v) is 5.38. The molecule has 0 aliphatic carbocycles. The Balaban J connectivity index is 1.86. The van der Waals surface area contributed by atoms with Crippen LogP contribution in [0.25, 0.3) is 0 Å². The fourth-order valence-electron chi connectivity index (χ4n) is 3.01. The van der Waals surface area contributed by atoms with Gasteiger partial charge in [-0.2, -0.15) is 0 Å². The van der Waals surface area contributed by atoms with Crippen molar-refractivity contribution >= 4 is 5.91 Å². The number of likely N-dealkylation sites (tertiary alicyclic amines) is 1. The highest BCUT2D eigenvalue weighted by Crippen LogP contribution is 2.31. The number of aliphatic hydroxyl groups is 1. The fraction of sp³-hybridized carbons (Fsp3) is 0.923. The highest BCUT2D eigenvalue weighted by molar-refractivity contribution is 5.80. The molecule has 4 heteroatoms. The topological polar surface area (TPSA) is 49.8 Å². The quantitative estimate of drug-likeness (QED) is 0.804. The van der Waals surface area contributed by atoms with Gasteiger partial charge in [0.2, 0.25) is 5.91 Å². The van der Waals surface area contributed by atoms with Crippen LogP contribution in [0.3, 0.4) is 0 Å². The fourth-order valence-corrected chi connectivity index (χ4v) is 3.01. The van der Waals surface area contributed by atoms with Crippen molar-refractivity contribution in [3.63, 3.8) is 0 Å². The van der Waals surface area contributed by atoms with Crippen LogP contribution >= 0.6 is 0 Å². The SMILES string of the molecule is CCCC1(O)CN(C(=O)C2CCOC2CC)C1. The summed E-state index contributed by atoms with van der Waals surface area (Å²) in [5.41, 5.74) is -0.619. The van der Waals surface area contributed by atoms with Gasteiger partial charge in [0.05, 0.1) is 30.7 Å². The van der Waals surface area contributed by atoms with E-state index in [0.717, 1.165) is 25.7 Å². The summed E-state index contributed by atoms with van der Waals surface area (Å²) < 4.78 is 5.54. The number of β-amino-alcohol motifs (C(OH)–C–C–N with tert-alkyl or cyclic N) is 1. The van der Waals surface area contributed by atoms with Crippen molar-refractivity contribution in [2.75, 3.05) is 19.7 Å². The molecule has 0 aromatic carbocycles. The highest BCUT2D eigenvalue weighted by Gasteiger charge is 2.46. The summed E-state index contributed by atoms with van der Waals surface area (Å²) in [5, 5.41) is 10.1. The zero-order valence-corrected chi connectivity index (χ0v) is 10.8. The van der Waals surface area contributed by atoms with E-state index in [4.69, 9.17) is 4.74 Å². The van der Waals surface area contributed by atoms with E-state index >= 15 is 0 Å². The molecule has 1 N–H and O–H groups in total. The Morgan fingerprint density at radius 2 is 2.18 bits per heavy atom. The van der Waals surface area contributed by atoms with E-state index in [0.29, 0.717) is 19.7 Å². The molecule has 0 saturated carbocycles. The van der Waals surface area contributed by atoms with Crippen molar-refractivity contribution in [3.05, 3.63) is 0 Å². The van der Waals surface area contributed by atoms with Gasteiger partial charge in [-0.15, -0.1) is 0 Å². The molecule has 0 bridgehead atoms. The first-order valence-corrected chi connectivity index (χ1v) is 6.72. The molecule has 2 fully saturated rings. The lowest BCUT2D eigenvalue weighted by Crippen LogP contribution is -2.64. The average molecular weight is 241 g/mol. The maximum absolute atomic E-state index is 12.2. The normalized spacial score (nSPS) is 31.4. The lowest BCUT2D eigenvalue weighted by atomic mass is 9.87. The van der Waals surface area contributed by atoms with Crippen molar-refractivity contribution in [3.8, 4) is 0 Å². The van der Waals surface area contributed by atoms with Crippen LogP contribution in [0, 0.1) is 5.92 Å².